The summed E-state index contributed by atoms with van der Waals surface area (Å²) >= 11 is 0. The molecule has 1 amide bonds. The van der Waals surface area contributed by atoms with Crippen LogP contribution in [0.1, 0.15) is 35.3 Å². The van der Waals surface area contributed by atoms with E-state index in [0.29, 0.717) is 5.56 Å². The van der Waals surface area contributed by atoms with Crippen LogP contribution in [-0.4, -0.2) is 52.9 Å². The summed E-state index contributed by atoms with van der Waals surface area (Å²) < 4.78 is 0. The van der Waals surface area contributed by atoms with E-state index < -0.39 is 5.91 Å². The lowest BCUT2D eigenvalue weighted by molar-refractivity contribution is -0.0794. The monoisotopic (exact) mass is 313 g/mol. The summed E-state index contributed by atoms with van der Waals surface area (Å²) in [6.07, 6.45) is 2.00. The van der Waals surface area contributed by atoms with Crippen LogP contribution in [0.25, 0.3) is 0 Å². The second-order valence-corrected chi connectivity index (χ2v) is 6.07. The Morgan fingerprint density at radius 2 is 2.00 bits per heavy atom. The third-order valence-electron chi connectivity index (χ3n) is 3.80. The van der Waals surface area contributed by atoms with E-state index in [1.807, 2.05) is 44.4 Å². The SMILES string of the molecule is Cc1cc(C#CC2=CN(C)N(C)C2)ccc1C(=O)N(O)C(C)C. The molecular formula is C18H23N3O2. The fourth-order valence-corrected chi connectivity index (χ4v) is 2.29. The molecule has 5 heteroatoms. The zero-order chi connectivity index (χ0) is 17.1. The normalized spacial score (nSPS) is 14.6. The molecule has 2 rings (SSSR count). The van der Waals surface area contributed by atoms with Gasteiger partial charge in [0.15, 0.2) is 0 Å². The molecule has 0 bridgehead atoms. The van der Waals surface area contributed by atoms with Gasteiger partial charge in [0.25, 0.3) is 5.91 Å². The number of carbonyl (C=O) groups is 1. The van der Waals surface area contributed by atoms with Crippen molar-refractivity contribution in [2.45, 2.75) is 26.8 Å². The molecule has 0 saturated carbocycles. The molecule has 122 valence electrons. The maximum absolute atomic E-state index is 12.2. The van der Waals surface area contributed by atoms with Crippen LogP contribution >= 0.6 is 0 Å². The minimum Gasteiger partial charge on any atom is -0.315 e. The largest absolute Gasteiger partial charge is 0.315 e. The summed E-state index contributed by atoms with van der Waals surface area (Å²) in [5, 5.41) is 14.6. The van der Waals surface area contributed by atoms with Gasteiger partial charge < -0.3 is 5.01 Å². The molecule has 1 N–H and O–H groups in total. The van der Waals surface area contributed by atoms with Gasteiger partial charge in [0.05, 0.1) is 12.6 Å². The van der Waals surface area contributed by atoms with Crippen LogP contribution < -0.4 is 0 Å². The lowest BCUT2D eigenvalue weighted by Gasteiger charge is -2.19. The van der Waals surface area contributed by atoms with Crippen LogP contribution in [0.2, 0.25) is 0 Å². The zero-order valence-corrected chi connectivity index (χ0v) is 14.3. The molecule has 1 aliphatic heterocycles. The summed E-state index contributed by atoms with van der Waals surface area (Å²) in [5.74, 6) is 5.90. The zero-order valence-electron chi connectivity index (χ0n) is 14.3. The molecule has 0 saturated heterocycles. The van der Waals surface area contributed by atoms with Crippen LogP contribution in [0, 0.1) is 18.8 Å². The third-order valence-corrected chi connectivity index (χ3v) is 3.80. The Balaban J connectivity index is 2.18. The highest BCUT2D eigenvalue weighted by Gasteiger charge is 2.18. The van der Waals surface area contributed by atoms with Gasteiger partial charge in [-0.15, -0.1) is 0 Å². The van der Waals surface area contributed by atoms with Gasteiger partial charge in [-0.05, 0) is 44.5 Å². The number of amides is 1. The van der Waals surface area contributed by atoms with Gasteiger partial charge in [-0.2, -0.15) is 0 Å². The Morgan fingerprint density at radius 1 is 1.30 bits per heavy atom. The topological polar surface area (TPSA) is 47.0 Å². The van der Waals surface area contributed by atoms with Crippen molar-refractivity contribution in [1.82, 2.24) is 15.1 Å². The molecule has 1 aromatic rings. The van der Waals surface area contributed by atoms with Crippen LogP contribution in [0.5, 0.6) is 0 Å². The van der Waals surface area contributed by atoms with Crippen molar-refractivity contribution < 1.29 is 10.0 Å². The first-order valence-corrected chi connectivity index (χ1v) is 7.59. The number of rotatable bonds is 2. The summed E-state index contributed by atoms with van der Waals surface area (Å²) in [7, 11) is 3.99. The summed E-state index contributed by atoms with van der Waals surface area (Å²) in [6.45, 7) is 6.17. The van der Waals surface area contributed by atoms with Gasteiger partial charge in [-0.1, -0.05) is 11.8 Å². The number of likely N-dealkylation sites (N-methyl/N-ethyl adjacent to an activating group) is 1. The lowest BCUT2D eigenvalue weighted by Crippen LogP contribution is -2.34. The average molecular weight is 313 g/mol. The first kappa shape index (κ1) is 17.1. The highest BCUT2D eigenvalue weighted by molar-refractivity contribution is 5.95. The molecule has 23 heavy (non-hydrogen) atoms. The van der Waals surface area contributed by atoms with E-state index in [0.717, 1.165) is 28.3 Å². The van der Waals surface area contributed by atoms with Gasteiger partial charge in [0.1, 0.15) is 0 Å². The van der Waals surface area contributed by atoms with Crippen molar-refractivity contribution in [2.24, 2.45) is 0 Å². The molecule has 0 spiro atoms. The van der Waals surface area contributed by atoms with E-state index in [-0.39, 0.29) is 6.04 Å². The Labute approximate surface area is 137 Å². The quantitative estimate of drug-likeness (QED) is 0.517. The molecular weight excluding hydrogens is 290 g/mol. The molecule has 1 aromatic carbocycles. The van der Waals surface area contributed by atoms with Crippen LogP contribution in [-0.2, 0) is 0 Å². The lowest BCUT2D eigenvalue weighted by atomic mass is 10.0. The van der Waals surface area contributed by atoms with Gasteiger partial charge in [-0.3, -0.25) is 10.0 Å². The maximum Gasteiger partial charge on any atom is 0.277 e. The van der Waals surface area contributed by atoms with E-state index in [4.69, 9.17) is 0 Å². The van der Waals surface area contributed by atoms with E-state index in [9.17, 15) is 10.0 Å². The van der Waals surface area contributed by atoms with Gasteiger partial charge >= 0.3 is 0 Å². The predicted octanol–water partition coefficient (Wildman–Crippen LogP) is 2.26. The second-order valence-electron chi connectivity index (χ2n) is 6.07. The smallest absolute Gasteiger partial charge is 0.277 e. The molecule has 5 nitrogen and oxygen atoms in total. The van der Waals surface area contributed by atoms with Crippen molar-refractivity contribution in [3.8, 4) is 11.8 Å². The minimum absolute atomic E-state index is 0.260. The number of hydrogen-bond donors (Lipinski definition) is 1. The van der Waals surface area contributed by atoms with Crippen molar-refractivity contribution in [3.05, 3.63) is 46.7 Å². The predicted molar refractivity (Wildman–Crippen MR) is 89.6 cm³/mol. The first-order chi connectivity index (χ1) is 10.8. The molecule has 1 heterocycles. The first-order valence-electron chi connectivity index (χ1n) is 7.59. The number of hydrogen-bond acceptors (Lipinski definition) is 4. The average Bonchev–Trinajstić information content (AvgIpc) is 2.82. The van der Waals surface area contributed by atoms with Crippen LogP contribution in [0.4, 0.5) is 0 Å². The number of hydroxylamine groups is 2. The number of aryl methyl sites for hydroxylation is 1. The Kier molecular flexibility index (Phi) is 5.09. The van der Waals surface area contributed by atoms with Gasteiger partial charge in [-0.25, -0.2) is 10.1 Å². The second kappa shape index (κ2) is 6.86. The molecule has 0 aromatic heterocycles. The molecule has 0 unspecified atom stereocenters. The minimum atomic E-state index is -0.390. The molecule has 0 aliphatic carbocycles. The van der Waals surface area contributed by atoms with Crippen molar-refractivity contribution in [2.75, 3.05) is 20.6 Å². The van der Waals surface area contributed by atoms with Crippen LogP contribution in [0.15, 0.2) is 30.0 Å². The Morgan fingerprint density at radius 3 is 2.52 bits per heavy atom. The van der Waals surface area contributed by atoms with Gasteiger partial charge in [0.2, 0.25) is 0 Å². The summed E-state index contributed by atoms with van der Waals surface area (Å²) in [6, 6.07) is 5.14. The van der Waals surface area contributed by atoms with E-state index in [1.54, 1.807) is 19.9 Å². The van der Waals surface area contributed by atoms with Crippen molar-refractivity contribution in [1.29, 1.82) is 0 Å². The Hall–Kier alpha value is -2.29. The standard InChI is InChI=1S/C18H23N3O2/c1-13(2)21(23)18(22)17-9-8-15(10-14(17)3)6-7-16-11-19(4)20(5)12-16/h8-11,13,23H,12H2,1-5H3. The molecule has 0 radical (unpaired) electrons. The Bertz CT molecular complexity index is 698. The van der Waals surface area contributed by atoms with Crippen molar-refractivity contribution >= 4 is 5.91 Å². The van der Waals surface area contributed by atoms with Crippen molar-refractivity contribution in [3.63, 3.8) is 0 Å². The number of benzene rings is 1. The van der Waals surface area contributed by atoms with Gasteiger partial charge in [0, 0.05) is 37.0 Å². The fraction of sp³-hybridized carbons (Fsp3) is 0.389. The highest BCUT2D eigenvalue weighted by atomic mass is 16.5. The van der Waals surface area contributed by atoms with Crippen LogP contribution in [0.3, 0.4) is 0 Å². The van der Waals surface area contributed by atoms with E-state index in [2.05, 4.69) is 16.8 Å². The highest BCUT2D eigenvalue weighted by Crippen LogP contribution is 2.15. The number of carbonyl (C=O) groups excluding carboxylic acids is 1. The maximum atomic E-state index is 12.2. The molecule has 0 fully saturated rings. The van der Waals surface area contributed by atoms with E-state index >= 15 is 0 Å². The number of hydrazine groups is 1. The third kappa shape index (κ3) is 3.92. The fourth-order valence-electron chi connectivity index (χ4n) is 2.29. The number of nitrogens with zero attached hydrogens (tertiary/aromatic N) is 3. The summed E-state index contributed by atoms with van der Waals surface area (Å²) in [4.78, 5) is 12.2. The molecule has 1 aliphatic rings. The molecule has 0 atom stereocenters. The van der Waals surface area contributed by atoms with E-state index in [1.165, 1.54) is 0 Å². The summed E-state index contributed by atoms with van der Waals surface area (Å²) in [5.41, 5.74) is 3.20.